The van der Waals surface area contributed by atoms with E-state index in [0.29, 0.717) is 17.8 Å². The van der Waals surface area contributed by atoms with Gasteiger partial charge in [-0.2, -0.15) is 14.8 Å². The highest BCUT2D eigenvalue weighted by Crippen LogP contribution is 2.27. The second-order valence-corrected chi connectivity index (χ2v) is 6.54. The molecule has 2 N–H and O–H groups in total. The maximum absolute atomic E-state index is 5.92. The van der Waals surface area contributed by atoms with Gasteiger partial charge >= 0.3 is 0 Å². The van der Waals surface area contributed by atoms with Gasteiger partial charge in [0, 0.05) is 18.3 Å². The molecule has 1 fully saturated rings. The standard InChI is InChI=1S/C18H23N7/c1-2-24-16-14(9-8-13-6-4-3-5-7-13)10-20-11-15(16)23-18(24)25-17(19)21-12-22-25/h8-13H,2-7H2,1H3,(H2,19,21,22)/b9-8+. The quantitative estimate of drug-likeness (QED) is 0.790. The van der Waals surface area contributed by atoms with E-state index in [1.165, 1.54) is 38.4 Å². The number of rotatable bonds is 4. The van der Waals surface area contributed by atoms with Crippen LogP contribution in [0, 0.1) is 5.92 Å². The Morgan fingerprint density at radius 1 is 1.24 bits per heavy atom. The summed E-state index contributed by atoms with van der Waals surface area (Å²) in [7, 11) is 0. The number of anilines is 1. The molecular formula is C18H23N7. The van der Waals surface area contributed by atoms with Crippen LogP contribution in [0.5, 0.6) is 0 Å². The first kappa shape index (κ1) is 15.8. The van der Waals surface area contributed by atoms with Crippen LogP contribution < -0.4 is 5.73 Å². The lowest BCUT2D eigenvalue weighted by Gasteiger charge is -2.17. The number of aromatic nitrogens is 6. The molecule has 0 spiro atoms. The molecule has 0 bridgehead atoms. The summed E-state index contributed by atoms with van der Waals surface area (Å²) in [6.07, 6.45) is 16.3. The fourth-order valence-corrected chi connectivity index (χ4v) is 3.66. The summed E-state index contributed by atoms with van der Waals surface area (Å²) in [4.78, 5) is 13.1. The minimum atomic E-state index is 0.331. The molecule has 0 unspecified atom stereocenters. The maximum Gasteiger partial charge on any atom is 0.235 e. The molecule has 3 heterocycles. The Hall–Kier alpha value is -2.70. The summed E-state index contributed by atoms with van der Waals surface area (Å²) in [5.41, 5.74) is 8.91. The minimum Gasteiger partial charge on any atom is -0.368 e. The van der Waals surface area contributed by atoms with Gasteiger partial charge in [0.1, 0.15) is 11.8 Å². The molecule has 3 aromatic heterocycles. The number of hydrogen-bond donors (Lipinski definition) is 1. The molecule has 1 aliphatic rings. The van der Waals surface area contributed by atoms with Crippen molar-refractivity contribution in [3.8, 4) is 5.95 Å². The molecule has 0 amide bonds. The third-order valence-electron chi connectivity index (χ3n) is 4.94. The molecule has 4 rings (SSSR count). The highest BCUT2D eigenvalue weighted by Gasteiger charge is 2.17. The van der Waals surface area contributed by atoms with Crippen molar-refractivity contribution in [1.82, 2.24) is 29.3 Å². The Kier molecular flexibility index (Phi) is 4.21. The Labute approximate surface area is 146 Å². The molecule has 0 aromatic carbocycles. The topological polar surface area (TPSA) is 87.4 Å². The van der Waals surface area contributed by atoms with E-state index in [2.05, 4.69) is 43.7 Å². The normalized spacial score (nSPS) is 16.2. The first-order valence-electron chi connectivity index (χ1n) is 8.96. The van der Waals surface area contributed by atoms with Crippen LogP contribution in [0.4, 0.5) is 5.95 Å². The highest BCUT2D eigenvalue weighted by atomic mass is 15.4. The summed E-state index contributed by atoms with van der Waals surface area (Å²) >= 11 is 0. The lowest BCUT2D eigenvalue weighted by molar-refractivity contribution is 0.420. The fourth-order valence-electron chi connectivity index (χ4n) is 3.66. The molecule has 0 aliphatic heterocycles. The number of imidazole rings is 1. The predicted molar refractivity (Wildman–Crippen MR) is 98.1 cm³/mol. The highest BCUT2D eigenvalue weighted by molar-refractivity contribution is 5.85. The zero-order valence-corrected chi connectivity index (χ0v) is 14.5. The Morgan fingerprint density at radius 2 is 2.08 bits per heavy atom. The summed E-state index contributed by atoms with van der Waals surface area (Å²) in [6.45, 7) is 2.85. The fraction of sp³-hybridized carbons (Fsp3) is 0.444. The number of nitrogen functional groups attached to an aromatic ring is 1. The Balaban J connectivity index is 1.79. The van der Waals surface area contributed by atoms with Crippen LogP contribution in [0.15, 0.2) is 24.8 Å². The van der Waals surface area contributed by atoms with Crippen LogP contribution in [0.2, 0.25) is 0 Å². The van der Waals surface area contributed by atoms with Gasteiger partial charge in [0.2, 0.25) is 11.9 Å². The molecule has 7 nitrogen and oxygen atoms in total. The van der Waals surface area contributed by atoms with Crippen LogP contribution in [-0.2, 0) is 6.54 Å². The van der Waals surface area contributed by atoms with E-state index in [1.807, 2.05) is 6.20 Å². The van der Waals surface area contributed by atoms with Crippen molar-refractivity contribution in [2.45, 2.75) is 45.6 Å². The lowest BCUT2D eigenvalue weighted by atomic mass is 9.89. The van der Waals surface area contributed by atoms with E-state index < -0.39 is 0 Å². The molecular weight excluding hydrogens is 314 g/mol. The van der Waals surface area contributed by atoms with Gasteiger partial charge in [-0.05, 0) is 25.7 Å². The maximum atomic E-state index is 5.92. The number of pyridine rings is 1. The van der Waals surface area contributed by atoms with Crippen LogP contribution in [0.1, 0.15) is 44.6 Å². The largest absolute Gasteiger partial charge is 0.368 e. The zero-order chi connectivity index (χ0) is 17.2. The van der Waals surface area contributed by atoms with Gasteiger partial charge < -0.3 is 10.3 Å². The van der Waals surface area contributed by atoms with E-state index in [1.54, 1.807) is 10.9 Å². The second kappa shape index (κ2) is 6.66. The molecule has 0 atom stereocenters. The van der Waals surface area contributed by atoms with Crippen molar-refractivity contribution in [1.29, 1.82) is 0 Å². The second-order valence-electron chi connectivity index (χ2n) is 6.54. The smallest absolute Gasteiger partial charge is 0.235 e. The number of hydrogen-bond acceptors (Lipinski definition) is 5. The van der Waals surface area contributed by atoms with Crippen LogP contribution in [0.3, 0.4) is 0 Å². The summed E-state index contributed by atoms with van der Waals surface area (Å²) in [5, 5.41) is 4.20. The van der Waals surface area contributed by atoms with Crippen LogP contribution >= 0.6 is 0 Å². The van der Waals surface area contributed by atoms with Crippen molar-refractivity contribution in [3.05, 3.63) is 30.4 Å². The van der Waals surface area contributed by atoms with Gasteiger partial charge in [0.25, 0.3) is 0 Å². The third kappa shape index (κ3) is 2.90. The van der Waals surface area contributed by atoms with Gasteiger partial charge in [-0.25, -0.2) is 4.98 Å². The van der Waals surface area contributed by atoms with Gasteiger partial charge in [-0.1, -0.05) is 31.4 Å². The van der Waals surface area contributed by atoms with E-state index >= 15 is 0 Å². The number of nitrogens with two attached hydrogens (primary N) is 1. The molecule has 0 radical (unpaired) electrons. The molecule has 1 aliphatic carbocycles. The Morgan fingerprint density at radius 3 is 2.80 bits per heavy atom. The predicted octanol–water partition coefficient (Wildman–Crippen LogP) is 3.21. The van der Waals surface area contributed by atoms with Crippen molar-refractivity contribution in [2.24, 2.45) is 5.92 Å². The third-order valence-corrected chi connectivity index (χ3v) is 4.94. The van der Waals surface area contributed by atoms with Gasteiger partial charge in [0.15, 0.2) is 0 Å². The van der Waals surface area contributed by atoms with Gasteiger partial charge in [0.05, 0.1) is 11.7 Å². The van der Waals surface area contributed by atoms with Crippen molar-refractivity contribution < 1.29 is 0 Å². The van der Waals surface area contributed by atoms with E-state index in [4.69, 9.17) is 5.73 Å². The molecule has 3 aromatic rings. The molecule has 130 valence electrons. The summed E-state index contributed by atoms with van der Waals surface area (Å²) in [6, 6.07) is 0. The van der Waals surface area contributed by atoms with Crippen molar-refractivity contribution in [3.63, 3.8) is 0 Å². The molecule has 7 heteroatoms. The van der Waals surface area contributed by atoms with Crippen molar-refractivity contribution in [2.75, 3.05) is 5.73 Å². The van der Waals surface area contributed by atoms with Crippen molar-refractivity contribution >= 4 is 23.1 Å². The Bertz CT molecular complexity index is 899. The zero-order valence-electron chi connectivity index (χ0n) is 14.5. The molecule has 0 saturated heterocycles. The molecule has 25 heavy (non-hydrogen) atoms. The number of fused-ring (bicyclic) bond motifs is 1. The number of aryl methyl sites for hydroxylation is 1. The van der Waals surface area contributed by atoms with Gasteiger partial charge in [-0.3, -0.25) is 4.98 Å². The van der Waals surface area contributed by atoms with Crippen LogP contribution in [-0.4, -0.2) is 29.3 Å². The lowest BCUT2D eigenvalue weighted by Crippen LogP contribution is -2.10. The summed E-state index contributed by atoms with van der Waals surface area (Å²) < 4.78 is 3.68. The monoisotopic (exact) mass is 337 g/mol. The number of nitrogens with zero attached hydrogens (tertiary/aromatic N) is 6. The van der Waals surface area contributed by atoms with E-state index in [0.717, 1.165) is 23.1 Å². The van der Waals surface area contributed by atoms with Crippen LogP contribution in [0.25, 0.3) is 23.1 Å². The van der Waals surface area contributed by atoms with E-state index in [-0.39, 0.29) is 0 Å². The average molecular weight is 337 g/mol. The first-order chi connectivity index (χ1) is 12.3. The first-order valence-corrected chi connectivity index (χ1v) is 8.96. The average Bonchev–Trinajstić information content (AvgIpc) is 3.23. The SMILES string of the molecule is CCn1c(-n2ncnc2N)nc2cncc(/C=C/C3CCCCC3)c21. The molecule has 1 saturated carbocycles. The summed E-state index contributed by atoms with van der Waals surface area (Å²) in [5.74, 6) is 1.68. The van der Waals surface area contributed by atoms with E-state index in [9.17, 15) is 0 Å². The van der Waals surface area contributed by atoms with Gasteiger partial charge in [-0.15, -0.1) is 0 Å². The number of allylic oxidation sites excluding steroid dienone is 1. The minimum absolute atomic E-state index is 0.331.